The van der Waals surface area contributed by atoms with E-state index in [-0.39, 0.29) is 11.3 Å². The number of nitrogens with zero attached hydrogens (tertiary/aromatic N) is 2. The van der Waals surface area contributed by atoms with E-state index in [0.29, 0.717) is 16.8 Å². The second-order valence-electron chi connectivity index (χ2n) is 4.66. The van der Waals surface area contributed by atoms with Crippen molar-refractivity contribution >= 4 is 22.9 Å². The SMILES string of the molecule is CN(C(=O)O)c1coc2ccc(-c3cc(F)cc(F)c3)nc12. The molecule has 0 unspecified atom stereocenters. The summed E-state index contributed by atoms with van der Waals surface area (Å²) in [6.45, 7) is 0. The molecule has 2 aromatic heterocycles. The molecular weight excluding hydrogens is 294 g/mol. The minimum Gasteiger partial charge on any atom is -0.465 e. The maximum Gasteiger partial charge on any atom is 0.411 e. The molecule has 0 aliphatic heterocycles. The van der Waals surface area contributed by atoms with Crippen molar-refractivity contribution in [1.29, 1.82) is 0 Å². The Hall–Kier alpha value is -2.96. The highest BCUT2D eigenvalue weighted by molar-refractivity contribution is 5.97. The number of furan rings is 1. The molecule has 3 aromatic rings. The van der Waals surface area contributed by atoms with Gasteiger partial charge in [-0.1, -0.05) is 0 Å². The van der Waals surface area contributed by atoms with Crippen LogP contribution in [0.2, 0.25) is 0 Å². The number of halogens is 2. The highest BCUT2D eigenvalue weighted by atomic mass is 19.1. The molecule has 0 spiro atoms. The van der Waals surface area contributed by atoms with Gasteiger partial charge in [0.2, 0.25) is 0 Å². The number of amides is 1. The van der Waals surface area contributed by atoms with Gasteiger partial charge in [-0.2, -0.15) is 0 Å². The van der Waals surface area contributed by atoms with Gasteiger partial charge in [-0.25, -0.2) is 18.6 Å². The Morgan fingerprint density at radius 1 is 1.23 bits per heavy atom. The zero-order valence-electron chi connectivity index (χ0n) is 11.4. The zero-order valence-corrected chi connectivity index (χ0v) is 11.4. The lowest BCUT2D eigenvalue weighted by atomic mass is 10.1. The molecule has 0 fully saturated rings. The first-order chi connectivity index (χ1) is 10.5. The minimum absolute atomic E-state index is 0.251. The summed E-state index contributed by atoms with van der Waals surface area (Å²) in [6.07, 6.45) is 0.0913. The molecule has 3 rings (SSSR count). The molecule has 7 heteroatoms. The van der Waals surface area contributed by atoms with Crippen molar-refractivity contribution in [2.24, 2.45) is 0 Å². The maximum absolute atomic E-state index is 13.3. The van der Waals surface area contributed by atoms with Crippen molar-refractivity contribution in [3.05, 3.63) is 48.2 Å². The van der Waals surface area contributed by atoms with Crippen molar-refractivity contribution in [3.8, 4) is 11.3 Å². The van der Waals surface area contributed by atoms with Crippen LogP contribution in [-0.4, -0.2) is 23.2 Å². The molecule has 5 nitrogen and oxygen atoms in total. The van der Waals surface area contributed by atoms with Crippen LogP contribution in [0.1, 0.15) is 0 Å². The average Bonchev–Trinajstić information content (AvgIpc) is 2.88. The summed E-state index contributed by atoms with van der Waals surface area (Å²) in [6, 6.07) is 6.18. The van der Waals surface area contributed by atoms with Crippen LogP contribution in [0.5, 0.6) is 0 Å². The van der Waals surface area contributed by atoms with E-state index in [1.807, 2.05) is 0 Å². The number of benzene rings is 1. The summed E-state index contributed by atoms with van der Waals surface area (Å²) in [5.41, 5.74) is 1.49. The summed E-state index contributed by atoms with van der Waals surface area (Å²) in [5.74, 6) is -1.43. The van der Waals surface area contributed by atoms with E-state index < -0.39 is 17.7 Å². The van der Waals surface area contributed by atoms with Gasteiger partial charge in [0.15, 0.2) is 5.58 Å². The van der Waals surface area contributed by atoms with Gasteiger partial charge >= 0.3 is 6.09 Å². The second kappa shape index (κ2) is 5.10. The van der Waals surface area contributed by atoms with Crippen molar-refractivity contribution in [2.45, 2.75) is 0 Å². The highest BCUT2D eigenvalue weighted by Gasteiger charge is 2.17. The molecule has 0 aliphatic carbocycles. The fourth-order valence-electron chi connectivity index (χ4n) is 2.10. The smallest absolute Gasteiger partial charge is 0.411 e. The third kappa shape index (κ3) is 2.37. The van der Waals surface area contributed by atoms with Crippen molar-refractivity contribution < 1.29 is 23.1 Å². The Labute approximate surface area is 123 Å². The summed E-state index contributed by atoms with van der Waals surface area (Å²) < 4.78 is 31.9. The lowest BCUT2D eigenvalue weighted by Gasteiger charge is -2.10. The third-order valence-electron chi connectivity index (χ3n) is 3.20. The van der Waals surface area contributed by atoms with E-state index in [1.54, 1.807) is 12.1 Å². The number of pyridine rings is 1. The first-order valence-corrected chi connectivity index (χ1v) is 6.27. The number of aromatic nitrogens is 1. The Kier molecular flexibility index (Phi) is 3.25. The monoisotopic (exact) mass is 304 g/mol. The molecular formula is C15H10F2N2O3. The van der Waals surface area contributed by atoms with Crippen molar-refractivity contribution in [2.75, 3.05) is 11.9 Å². The van der Waals surface area contributed by atoms with E-state index in [2.05, 4.69) is 4.98 Å². The predicted molar refractivity (Wildman–Crippen MR) is 75.8 cm³/mol. The third-order valence-corrected chi connectivity index (χ3v) is 3.20. The summed E-state index contributed by atoms with van der Waals surface area (Å²) in [4.78, 5) is 16.3. The van der Waals surface area contributed by atoms with E-state index in [9.17, 15) is 13.6 Å². The number of hydrogen-bond acceptors (Lipinski definition) is 3. The van der Waals surface area contributed by atoms with Gasteiger partial charge < -0.3 is 9.52 Å². The maximum atomic E-state index is 13.3. The van der Waals surface area contributed by atoms with E-state index >= 15 is 0 Å². The first kappa shape index (κ1) is 14.0. The Balaban J connectivity index is 2.16. The van der Waals surface area contributed by atoms with Crippen LogP contribution in [-0.2, 0) is 0 Å². The molecule has 0 bridgehead atoms. The zero-order chi connectivity index (χ0) is 15.9. The number of fused-ring (bicyclic) bond motifs is 1. The largest absolute Gasteiger partial charge is 0.465 e. The highest BCUT2D eigenvalue weighted by Crippen LogP contribution is 2.30. The average molecular weight is 304 g/mol. The summed E-state index contributed by atoms with van der Waals surface area (Å²) >= 11 is 0. The summed E-state index contributed by atoms with van der Waals surface area (Å²) in [7, 11) is 1.35. The minimum atomic E-state index is -1.17. The van der Waals surface area contributed by atoms with Crippen LogP contribution < -0.4 is 4.90 Å². The quantitative estimate of drug-likeness (QED) is 0.780. The van der Waals surface area contributed by atoms with Gasteiger partial charge in [0, 0.05) is 18.7 Å². The Bertz CT molecular complexity index is 856. The second-order valence-corrected chi connectivity index (χ2v) is 4.66. The lowest BCUT2D eigenvalue weighted by Crippen LogP contribution is -2.23. The fourth-order valence-corrected chi connectivity index (χ4v) is 2.10. The summed E-state index contributed by atoms with van der Waals surface area (Å²) in [5, 5.41) is 9.03. The van der Waals surface area contributed by atoms with Gasteiger partial charge in [0.25, 0.3) is 0 Å². The number of anilines is 1. The molecule has 0 aliphatic rings. The van der Waals surface area contributed by atoms with Gasteiger partial charge in [-0.15, -0.1) is 0 Å². The normalized spacial score (nSPS) is 10.9. The Morgan fingerprint density at radius 2 is 1.91 bits per heavy atom. The molecule has 2 heterocycles. The van der Waals surface area contributed by atoms with Gasteiger partial charge in [-0.3, -0.25) is 4.90 Å². The van der Waals surface area contributed by atoms with Gasteiger partial charge in [0.05, 0.1) is 5.69 Å². The van der Waals surface area contributed by atoms with Crippen LogP contribution in [0.4, 0.5) is 19.3 Å². The number of hydrogen-bond donors (Lipinski definition) is 1. The van der Waals surface area contributed by atoms with E-state index in [1.165, 1.54) is 13.3 Å². The van der Waals surface area contributed by atoms with Gasteiger partial charge in [-0.05, 0) is 24.3 Å². The number of carboxylic acid groups (broad SMARTS) is 1. The molecule has 112 valence electrons. The molecule has 0 radical (unpaired) electrons. The van der Waals surface area contributed by atoms with Crippen LogP contribution in [0.3, 0.4) is 0 Å². The molecule has 1 aromatic carbocycles. The standard InChI is InChI=1S/C15H10F2N2O3/c1-19(15(20)21)12-7-22-13-3-2-11(18-14(12)13)8-4-9(16)6-10(17)5-8/h2-7H,1H3,(H,20,21). The Morgan fingerprint density at radius 3 is 2.55 bits per heavy atom. The van der Waals surface area contributed by atoms with Crippen molar-refractivity contribution in [1.82, 2.24) is 4.98 Å². The number of rotatable bonds is 2. The van der Waals surface area contributed by atoms with E-state index in [0.717, 1.165) is 23.1 Å². The molecule has 1 amide bonds. The molecule has 0 saturated carbocycles. The predicted octanol–water partition coefficient (Wildman–Crippen LogP) is 3.89. The molecule has 22 heavy (non-hydrogen) atoms. The van der Waals surface area contributed by atoms with Crippen LogP contribution in [0.15, 0.2) is 41.0 Å². The fraction of sp³-hybridized carbons (Fsp3) is 0.0667. The molecule has 0 saturated heterocycles. The molecule has 0 atom stereocenters. The van der Waals surface area contributed by atoms with Crippen LogP contribution in [0.25, 0.3) is 22.4 Å². The first-order valence-electron chi connectivity index (χ1n) is 6.27. The van der Waals surface area contributed by atoms with E-state index in [4.69, 9.17) is 9.52 Å². The number of carbonyl (C=O) groups is 1. The van der Waals surface area contributed by atoms with Crippen molar-refractivity contribution in [3.63, 3.8) is 0 Å². The lowest BCUT2D eigenvalue weighted by molar-refractivity contribution is 0.203. The topological polar surface area (TPSA) is 66.6 Å². The van der Waals surface area contributed by atoms with Crippen LogP contribution in [0, 0.1) is 11.6 Å². The molecule has 1 N–H and O–H groups in total. The van der Waals surface area contributed by atoms with Crippen LogP contribution >= 0.6 is 0 Å². The van der Waals surface area contributed by atoms with Gasteiger partial charge in [0.1, 0.15) is 29.1 Å².